The molecule has 3 rings (SSSR count). The number of nitrogens with zero attached hydrogens (tertiary/aromatic N) is 1. The Morgan fingerprint density at radius 1 is 1.12 bits per heavy atom. The number of carbonyl (C=O) groups excluding carboxylic acids is 3. The van der Waals surface area contributed by atoms with Gasteiger partial charge in [0.15, 0.2) is 0 Å². The highest BCUT2D eigenvalue weighted by molar-refractivity contribution is 5.94. The lowest BCUT2D eigenvalue weighted by Crippen LogP contribution is -2.65. The van der Waals surface area contributed by atoms with Gasteiger partial charge >= 0.3 is 5.97 Å². The smallest absolute Gasteiger partial charge is 0.327 e. The molecule has 1 saturated heterocycles. The largest absolute Gasteiger partial charge is 0.480 e. The summed E-state index contributed by atoms with van der Waals surface area (Å²) in [5.74, 6) is -3.15. The number of benzene rings is 2. The molecule has 4 atom stereocenters. The minimum atomic E-state index is -1.12. The second-order valence-corrected chi connectivity index (χ2v) is 7.91. The number of amides is 3. The van der Waals surface area contributed by atoms with Gasteiger partial charge in [0.25, 0.3) is 0 Å². The van der Waals surface area contributed by atoms with Crippen LogP contribution in [0.3, 0.4) is 0 Å². The first-order valence-electron chi connectivity index (χ1n) is 10.2. The van der Waals surface area contributed by atoms with Gasteiger partial charge in [-0.05, 0) is 30.2 Å². The van der Waals surface area contributed by atoms with Gasteiger partial charge in [-0.25, -0.2) is 4.79 Å². The van der Waals surface area contributed by atoms with Gasteiger partial charge in [-0.1, -0.05) is 42.5 Å². The van der Waals surface area contributed by atoms with E-state index in [9.17, 15) is 24.3 Å². The number of rotatable bonds is 8. The van der Waals surface area contributed by atoms with Crippen molar-refractivity contribution in [1.29, 1.82) is 0 Å². The Kier molecular flexibility index (Phi) is 6.89. The number of carbonyl (C=O) groups is 4. The number of aliphatic carboxylic acids is 1. The number of nitrogens with one attached hydrogen (secondary N) is 1. The van der Waals surface area contributed by atoms with Crippen LogP contribution in [-0.2, 0) is 20.8 Å². The molecule has 4 unspecified atom stereocenters. The van der Waals surface area contributed by atoms with E-state index in [2.05, 4.69) is 5.32 Å². The van der Waals surface area contributed by atoms with Crippen LogP contribution >= 0.6 is 0 Å². The summed E-state index contributed by atoms with van der Waals surface area (Å²) < 4.78 is 0. The number of carboxylic acids is 1. The van der Waals surface area contributed by atoms with Crippen molar-refractivity contribution < 1.29 is 24.3 Å². The van der Waals surface area contributed by atoms with Crippen LogP contribution in [0.1, 0.15) is 34.3 Å². The molecular weight excluding hydrogens is 412 g/mol. The summed E-state index contributed by atoms with van der Waals surface area (Å²) in [6.07, 6.45) is 0.0528. The normalized spacial score (nSPS) is 19.4. The monoisotopic (exact) mass is 438 g/mol. The summed E-state index contributed by atoms with van der Waals surface area (Å²) in [5, 5.41) is 12.4. The molecule has 1 fully saturated rings. The van der Waals surface area contributed by atoms with E-state index in [0.29, 0.717) is 5.56 Å². The molecule has 0 saturated carbocycles. The summed E-state index contributed by atoms with van der Waals surface area (Å²) in [6.45, 7) is 1.70. The molecule has 2 aromatic carbocycles. The molecule has 2 aromatic rings. The molecule has 9 nitrogen and oxygen atoms in total. The number of hydrogen-bond acceptors (Lipinski definition) is 5. The summed E-state index contributed by atoms with van der Waals surface area (Å²) >= 11 is 0. The van der Waals surface area contributed by atoms with Gasteiger partial charge in [-0.2, -0.15) is 0 Å². The van der Waals surface area contributed by atoms with Crippen molar-refractivity contribution in [2.75, 3.05) is 6.54 Å². The van der Waals surface area contributed by atoms with E-state index >= 15 is 0 Å². The van der Waals surface area contributed by atoms with Crippen molar-refractivity contribution in [1.82, 2.24) is 10.2 Å². The zero-order valence-electron chi connectivity index (χ0n) is 17.6. The Labute approximate surface area is 185 Å². The van der Waals surface area contributed by atoms with Crippen molar-refractivity contribution in [2.45, 2.75) is 37.4 Å². The lowest BCUT2D eigenvalue weighted by Gasteiger charge is -2.47. The first-order chi connectivity index (χ1) is 15.2. The van der Waals surface area contributed by atoms with Crippen LogP contribution in [0.2, 0.25) is 0 Å². The lowest BCUT2D eigenvalue weighted by molar-refractivity contribution is -0.160. The van der Waals surface area contributed by atoms with Gasteiger partial charge in [0, 0.05) is 24.4 Å². The van der Waals surface area contributed by atoms with Crippen molar-refractivity contribution >= 4 is 23.7 Å². The fourth-order valence-corrected chi connectivity index (χ4v) is 3.82. The van der Waals surface area contributed by atoms with Gasteiger partial charge in [0.2, 0.25) is 17.7 Å². The third-order valence-corrected chi connectivity index (χ3v) is 5.55. The van der Waals surface area contributed by atoms with Crippen LogP contribution in [0.4, 0.5) is 0 Å². The number of primary amides is 1. The zero-order chi connectivity index (χ0) is 23.4. The maximum atomic E-state index is 13.3. The van der Waals surface area contributed by atoms with Gasteiger partial charge in [-0.15, -0.1) is 0 Å². The second kappa shape index (κ2) is 9.61. The van der Waals surface area contributed by atoms with Crippen molar-refractivity contribution in [3.05, 3.63) is 71.3 Å². The van der Waals surface area contributed by atoms with Crippen LogP contribution < -0.4 is 16.8 Å². The number of likely N-dealkylation sites (tertiary alicyclic amines) is 1. The predicted octanol–water partition coefficient (Wildman–Crippen LogP) is 0.239. The van der Waals surface area contributed by atoms with Gasteiger partial charge in [-0.3, -0.25) is 14.4 Å². The third-order valence-electron chi connectivity index (χ3n) is 5.55. The quantitative estimate of drug-likeness (QED) is 0.463. The van der Waals surface area contributed by atoms with Crippen LogP contribution in [0.5, 0.6) is 0 Å². The van der Waals surface area contributed by atoms with Crippen LogP contribution in [-0.4, -0.2) is 58.4 Å². The van der Waals surface area contributed by atoms with E-state index in [1.165, 1.54) is 17.9 Å². The molecule has 1 aliphatic rings. The molecule has 0 aliphatic carbocycles. The molecule has 1 heterocycles. The molecule has 9 heteroatoms. The first kappa shape index (κ1) is 23.0. The highest BCUT2D eigenvalue weighted by Gasteiger charge is 2.49. The third kappa shape index (κ3) is 4.94. The van der Waals surface area contributed by atoms with Gasteiger partial charge in [0.05, 0.1) is 6.04 Å². The van der Waals surface area contributed by atoms with E-state index < -0.39 is 41.8 Å². The summed E-state index contributed by atoms with van der Waals surface area (Å²) in [6, 6.07) is 12.6. The summed E-state index contributed by atoms with van der Waals surface area (Å²) in [4.78, 5) is 50.3. The van der Waals surface area contributed by atoms with E-state index in [0.717, 1.165) is 5.56 Å². The molecule has 1 aliphatic heterocycles. The van der Waals surface area contributed by atoms with Crippen molar-refractivity contribution in [3.8, 4) is 0 Å². The predicted molar refractivity (Wildman–Crippen MR) is 117 cm³/mol. The Balaban J connectivity index is 1.84. The Morgan fingerprint density at radius 2 is 1.81 bits per heavy atom. The minimum Gasteiger partial charge on any atom is -0.480 e. The second-order valence-electron chi connectivity index (χ2n) is 7.91. The Hall–Kier alpha value is -3.72. The average Bonchev–Trinajstić information content (AvgIpc) is 2.72. The Morgan fingerprint density at radius 3 is 2.41 bits per heavy atom. The summed E-state index contributed by atoms with van der Waals surface area (Å²) in [5.41, 5.74) is 12.7. The molecule has 3 amide bonds. The maximum Gasteiger partial charge on any atom is 0.327 e. The maximum absolute atomic E-state index is 13.3. The molecular formula is C23H26N4O5. The minimum absolute atomic E-state index is 0.0528. The van der Waals surface area contributed by atoms with Crippen molar-refractivity contribution in [3.63, 3.8) is 0 Å². The van der Waals surface area contributed by atoms with Gasteiger partial charge in [0.1, 0.15) is 12.1 Å². The van der Waals surface area contributed by atoms with E-state index in [1.54, 1.807) is 18.2 Å². The SMILES string of the molecule is CC(N)C(=O)NC(Cc1cccc(C(N)=O)c1)C(=O)N1CC(c2ccccc2)C1C(=O)O. The highest BCUT2D eigenvalue weighted by Crippen LogP contribution is 2.35. The van der Waals surface area contributed by atoms with Gasteiger partial charge < -0.3 is 26.8 Å². The van der Waals surface area contributed by atoms with E-state index in [-0.39, 0.29) is 24.4 Å². The zero-order valence-corrected chi connectivity index (χ0v) is 17.6. The van der Waals surface area contributed by atoms with E-state index in [1.807, 2.05) is 30.3 Å². The van der Waals surface area contributed by atoms with Crippen LogP contribution in [0.15, 0.2) is 54.6 Å². The highest BCUT2D eigenvalue weighted by atomic mass is 16.4. The molecule has 0 radical (unpaired) electrons. The molecule has 168 valence electrons. The fraction of sp³-hybridized carbons (Fsp3) is 0.304. The number of nitrogens with two attached hydrogens (primary N) is 2. The summed E-state index contributed by atoms with van der Waals surface area (Å²) in [7, 11) is 0. The van der Waals surface area contributed by atoms with Crippen molar-refractivity contribution in [2.24, 2.45) is 11.5 Å². The average molecular weight is 438 g/mol. The molecule has 0 bridgehead atoms. The first-order valence-corrected chi connectivity index (χ1v) is 10.2. The Bertz CT molecular complexity index is 1020. The standard InChI is InChI=1S/C23H26N4O5/c1-13(24)21(29)26-18(11-14-6-5-9-16(10-14)20(25)28)22(30)27-12-17(19(27)23(31)32)15-7-3-2-4-8-15/h2-10,13,17-19H,11-12,24H2,1H3,(H2,25,28)(H,26,29)(H,31,32). The molecule has 0 spiro atoms. The fourth-order valence-electron chi connectivity index (χ4n) is 3.82. The van der Waals surface area contributed by atoms with E-state index in [4.69, 9.17) is 11.5 Å². The van der Waals surface area contributed by atoms with Crippen LogP contribution in [0.25, 0.3) is 0 Å². The number of carboxylic acid groups (broad SMARTS) is 1. The molecule has 0 aromatic heterocycles. The molecule has 6 N–H and O–H groups in total. The lowest BCUT2D eigenvalue weighted by atomic mass is 9.81. The number of hydrogen-bond donors (Lipinski definition) is 4. The topological polar surface area (TPSA) is 156 Å². The molecule has 32 heavy (non-hydrogen) atoms. The van der Waals surface area contributed by atoms with Crippen LogP contribution in [0, 0.1) is 0 Å².